The Hall–Kier alpha value is -0.380. The third kappa shape index (κ3) is 4.14. The molecule has 0 amide bonds. The Balaban J connectivity index is 3.55. The first kappa shape index (κ1) is 8.62. The Morgan fingerprint density at radius 3 is 2.56 bits per heavy atom. The maximum atomic E-state index is 9.06. The summed E-state index contributed by atoms with van der Waals surface area (Å²) in [5.41, 5.74) is 3.99. The van der Waals surface area contributed by atoms with E-state index in [1.54, 1.807) is 0 Å². The van der Waals surface area contributed by atoms with Crippen molar-refractivity contribution in [2.75, 3.05) is 6.61 Å². The van der Waals surface area contributed by atoms with Crippen LogP contribution in [-0.4, -0.2) is 22.5 Å². The van der Waals surface area contributed by atoms with E-state index < -0.39 is 5.72 Å². The van der Waals surface area contributed by atoms with Gasteiger partial charge in [-0.15, -0.1) is 6.58 Å². The van der Waals surface area contributed by atoms with Crippen molar-refractivity contribution in [3.63, 3.8) is 0 Å². The monoisotopic (exact) mass is 131 g/mol. The molecule has 3 nitrogen and oxygen atoms in total. The van der Waals surface area contributed by atoms with Gasteiger partial charge in [0.2, 0.25) is 0 Å². The minimum Gasteiger partial charge on any atom is -0.396 e. The van der Waals surface area contributed by atoms with Crippen LogP contribution in [0.3, 0.4) is 0 Å². The van der Waals surface area contributed by atoms with Crippen molar-refractivity contribution >= 4 is 0 Å². The lowest BCUT2D eigenvalue weighted by molar-refractivity contribution is 0.0245. The van der Waals surface area contributed by atoms with E-state index in [4.69, 9.17) is 15.9 Å². The predicted octanol–water partition coefficient (Wildman–Crippen LogP) is -0.408. The average molecular weight is 131 g/mol. The third-order valence-electron chi connectivity index (χ3n) is 1.04. The fraction of sp³-hybridized carbons (Fsp3) is 0.667. The first-order valence-corrected chi connectivity index (χ1v) is 2.85. The van der Waals surface area contributed by atoms with Gasteiger partial charge in [0, 0.05) is 19.4 Å². The van der Waals surface area contributed by atoms with Crippen LogP contribution in [0.5, 0.6) is 0 Å². The maximum Gasteiger partial charge on any atom is 0.119 e. The maximum absolute atomic E-state index is 9.06. The van der Waals surface area contributed by atoms with E-state index in [0.717, 1.165) is 0 Å². The van der Waals surface area contributed by atoms with Crippen LogP contribution in [0.25, 0.3) is 0 Å². The highest BCUT2D eigenvalue weighted by atomic mass is 16.3. The molecule has 0 aromatic heterocycles. The van der Waals surface area contributed by atoms with Crippen molar-refractivity contribution < 1.29 is 10.2 Å². The minimum atomic E-state index is -1.27. The molecule has 0 rings (SSSR count). The Morgan fingerprint density at radius 2 is 2.22 bits per heavy atom. The van der Waals surface area contributed by atoms with E-state index in [9.17, 15) is 0 Å². The smallest absolute Gasteiger partial charge is 0.119 e. The number of rotatable bonds is 4. The lowest BCUT2D eigenvalue weighted by atomic mass is 10.1. The van der Waals surface area contributed by atoms with Crippen LogP contribution < -0.4 is 5.73 Å². The minimum absolute atomic E-state index is 0.0964. The summed E-state index contributed by atoms with van der Waals surface area (Å²) in [6.45, 7) is 3.31. The number of hydrogen-bond donors (Lipinski definition) is 3. The van der Waals surface area contributed by atoms with Crippen molar-refractivity contribution in [2.24, 2.45) is 5.73 Å². The molecule has 0 bridgehead atoms. The van der Waals surface area contributed by atoms with Gasteiger partial charge in [-0.1, -0.05) is 6.08 Å². The normalized spacial score (nSPS) is 16.8. The number of aliphatic hydroxyl groups excluding tert-OH is 1. The quantitative estimate of drug-likeness (QED) is 0.359. The molecule has 0 saturated carbocycles. The molecule has 0 aromatic carbocycles. The van der Waals surface area contributed by atoms with E-state index in [0.29, 0.717) is 6.42 Å². The Kier molecular flexibility index (Phi) is 3.46. The van der Waals surface area contributed by atoms with Gasteiger partial charge >= 0.3 is 0 Å². The topological polar surface area (TPSA) is 66.5 Å². The van der Waals surface area contributed by atoms with Gasteiger partial charge in [-0.3, -0.25) is 0 Å². The summed E-state index contributed by atoms with van der Waals surface area (Å²) in [7, 11) is 0. The van der Waals surface area contributed by atoms with Crippen LogP contribution in [-0.2, 0) is 0 Å². The molecule has 1 unspecified atom stereocenters. The van der Waals surface area contributed by atoms with Gasteiger partial charge in [-0.25, -0.2) is 0 Å². The van der Waals surface area contributed by atoms with Crippen molar-refractivity contribution in [1.82, 2.24) is 0 Å². The molecule has 1 atom stereocenters. The highest BCUT2D eigenvalue weighted by molar-refractivity contribution is 4.80. The highest BCUT2D eigenvalue weighted by Gasteiger charge is 2.16. The van der Waals surface area contributed by atoms with Crippen molar-refractivity contribution in [3.05, 3.63) is 12.7 Å². The molecular weight excluding hydrogens is 118 g/mol. The molecule has 0 aromatic rings. The molecule has 0 spiro atoms. The third-order valence-corrected chi connectivity index (χ3v) is 1.04. The van der Waals surface area contributed by atoms with Gasteiger partial charge < -0.3 is 15.9 Å². The fourth-order valence-corrected chi connectivity index (χ4v) is 0.546. The van der Waals surface area contributed by atoms with E-state index >= 15 is 0 Å². The summed E-state index contributed by atoms with van der Waals surface area (Å²) in [5.74, 6) is 0. The molecule has 9 heavy (non-hydrogen) atoms. The summed E-state index contributed by atoms with van der Waals surface area (Å²) in [5, 5.41) is 17.4. The van der Waals surface area contributed by atoms with Crippen LogP contribution >= 0.6 is 0 Å². The Morgan fingerprint density at radius 1 is 1.67 bits per heavy atom. The zero-order chi connectivity index (χ0) is 7.33. The molecule has 0 radical (unpaired) electrons. The van der Waals surface area contributed by atoms with Gasteiger partial charge in [0.25, 0.3) is 0 Å². The van der Waals surface area contributed by atoms with E-state index in [-0.39, 0.29) is 13.0 Å². The molecule has 4 N–H and O–H groups in total. The summed E-state index contributed by atoms with van der Waals surface area (Å²) >= 11 is 0. The second-order valence-corrected chi connectivity index (χ2v) is 2.07. The number of aliphatic hydroxyl groups is 2. The molecule has 0 fully saturated rings. The largest absolute Gasteiger partial charge is 0.396 e. The Bertz CT molecular complexity index is 91.1. The van der Waals surface area contributed by atoms with Crippen molar-refractivity contribution in [1.29, 1.82) is 0 Å². The van der Waals surface area contributed by atoms with Gasteiger partial charge in [0.1, 0.15) is 5.72 Å². The lowest BCUT2D eigenvalue weighted by Gasteiger charge is -2.19. The first-order valence-electron chi connectivity index (χ1n) is 2.85. The van der Waals surface area contributed by atoms with Crippen LogP contribution in [0, 0.1) is 0 Å². The highest BCUT2D eigenvalue weighted by Crippen LogP contribution is 2.06. The van der Waals surface area contributed by atoms with Crippen molar-refractivity contribution in [3.8, 4) is 0 Å². The second kappa shape index (κ2) is 3.61. The molecule has 3 heteroatoms. The van der Waals surface area contributed by atoms with Gasteiger partial charge in [-0.2, -0.15) is 0 Å². The molecule has 0 saturated heterocycles. The SMILES string of the molecule is C=CCC(N)(O)CCO. The summed E-state index contributed by atoms with van der Waals surface area (Å²) in [6, 6.07) is 0. The predicted molar refractivity (Wildman–Crippen MR) is 35.7 cm³/mol. The zero-order valence-corrected chi connectivity index (χ0v) is 5.38. The van der Waals surface area contributed by atoms with Crippen LogP contribution in [0.1, 0.15) is 12.8 Å². The molecule has 0 aliphatic carbocycles. The number of nitrogens with two attached hydrogens (primary N) is 1. The van der Waals surface area contributed by atoms with Gasteiger partial charge in [0.05, 0.1) is 0 Å². The van der Waals surface area contributed by atoms with E-state index in [1.165, 1.54) is 6.08 Å². The molecular formula is C6H13NO2. The first-order chi connectivity index (χ1) is 4.12. The van der Waals surface area contributed by atoms with E-state index in [1.807, 2.05) is 0 Å². The zero-order valence-electron chi connectivity index (χ0n) is 5.38. The Labute approximate surface area is 54.8 Å². The average Bonchev–Trinajstić information content (AvgIpc) is 1.64. The van der Waals surface area contributed by atoms with Crippen LogP contribution in [0.15, 0.2) is 12.7 Å². The second-order valence-electron chi connectivity index (χ2n) is 2.07. The number of hydrogen-bond acceptors (Lipinski definition) is 3. The van der Waals surface area contributed by atoms with Crippen molar-refractivity contribution in [2.45, 2.75) is 18.6 Å². The lowest BCUT2D eigenvalue weighted by Crippen LogP contribution is -2.39. The molecule has 0 heterocycles. The van der Waals surface area contributed by atoms with Gasteiger partial charge in [0.15, 0.2) is 0 Å². The van der Waals surface area contributed by atoms with E-state index in [2.05, 4.69) is 6.58 Å². The van der Waals surface area contributed by atoms with Gasteiger partial charge in [-0.05, 0) is 0 Å². The summed E-state index contributed by atoms with van der Waals surface area (Å²) in [4.78, 5) is 0. The molecule has 0 aliphatic rings. The summed E-state index contributed by atoms with van der Waals surface area (Å²) < 4.78 is 0. The molecule has 0 aliphatic heterocycles. The summed E-state index contributed by atoms with van der Waals surface area (Å²) in [6.07, 6.45) is 2.03. The van der Waals surface area contributed by atoms with Crippen LogP contribution in [0.2, 0.25) is 0 Å². The van der Waals surface area contributed by atoms with Crippen LogP contribution in [0.4, 0.5) is 0 Å². The standard InChI is InChI=1S/C6H13NO2/c1-2-3-6(7,9)4-5-8/h2,8-9H,1,3-5,7H2. The fourth-order valence-electron chi connectivity index (χ4n) is 0.546. The molecule has 54 valence electrons.